The highest BCUT2D eigenvalue weighted by molar-refractivity contribution is 5.77. The lowest BCUT2D eigenvalue weighted by Crippen LogP contribution is -2.48. The molecule has 2 aliphatic rings. The SMILES string of the molecule is CCOC(=O)[C@]1(CCOC)CCCN(Cc2ccc3c(c2)CCO3)C1. The summed E-state index contributed by atoms with van der Waals surface area (Å²) in [7, 11) is 1.69. The summed E-state index contributed by atoms with van der Waals surface area (Å²) in [5.41, 5.74) is 2.14. The van der Waals surface area contributed by atoms with Gasteiger partial charge in [0, 0.05) is 33.2 Å². The average Bonchev–Trinajstić information content (AvgIpc) is 3.08. The maximum absolute atomic E-state index is 12.7. The molecule has 0 amide bonds. The van der Waals surface area contributed by atoms with Crippen LogP contribution in [0.2, 0.25) is 0 Å². The monoisotopic (exact) mass is 347 g/mol. The second-order valence-electron chi connectivity index (χ2n) is 7.10. The molecule has 2 aliphatic heterocycles. The van der Waals surface area contributed by atoms with Crippen molar-refractivity contribution in [2.24, 2.45) is 5.41 Å². The van der Waals surface area contributed by atoms with E-state index in [0.717, 1.165) is 57.7 Å². The minimum atomic E-state index is -0.440. The summed E-state index contributed by atoms with van der Waals surface area (Å²) in [6.45, 7) is 6.29. The molecule has 0 spiro atoms. The summed E-state index contributed by atoms with van der Waals surface area (Å²) in [6, 6.07) is 6.46. The summed E-state index contributed by atoms with van der Waals surface area (Å²) >= 11 is 0. The minimum Gasteiger partial charge on any atom is -0.493 e. The van der Waals surface area contributed by atoms with Gasteiger partial charge in [0.1, 0.15) is 5.75 Å². The molecule has 0 radical (unpaired) electrons. The van der Waals surface area contributed by atoms with Crippen LogP contribution in [0.15, 0.2) is 18.2 Å². The van der Waals surface area contributed by atoms with Gasteiger partial charge in [-0.15, -0.1) is 0 Å². The first-order valence-electron chi connectivity index (χ1n) is 9.30. The number of fused-ring (bicyclic) bond motifs is 1. The largest absolute Gasteiger partial charge is 0.493 e. The molecule has 0 unspecified atom stereocenters. The van der Waals surface area contributed by atoms with E-state index in [1.165, 1.54) is 11.1 Å². The van der Waals surface area contributed by atoms with Gasteiger partial charge in [0.25, 0.3) is 0 Å². The summed E-state index contributed by atoms with van der Waals surface area (Å²) < 4.78 is 16.3. The van der Waals surface area contributed by atoms with Crippen LogP contribution >= 0.6 is 0 Å². The Morgan fingerprint density at radius 3 is 3.08 bits per heavy atom. The molecular formula is C20H29NO4. The zero-order valence-electron chi connectivity index (χ0n) is 15.4. The Kier molecular flexibility index (Phi) is 5.97. The fourth-order valence-electron chi connectivity index (χ4n) is 4.01. The molecule has 2 heterocycles. The van der Waals surface area contributed by atoms with Crippen LogP contribution in [0, 0.1) is 5.41 Å². The topological polar surface area (TPSA) is 48.0 Å². The van der Waals surface area contributed by atoms with E-state index < -0.39 is 5.41 Å². The van der Waals surface area contributed by atoms with E-state index in [1.54, 1.807) is 7.11 Å². The van der Waals surface area contributed by atoms with Gasteiger partial charge < -0.3 is 14.2 Å². The van der Waals surface area contributed by atoms with Crippen molar-refractivity contribution in [1.29, 1.82) is 0 Å². The standard InChI is InChI=1S/C20H29NO4/c1-3-24-19(22)20(9-12-23-2)8-4-10-21(15-20)14-16-5-6-18-17(13-16)7-11-25-18/h5-6,13H,3-4,7-12,14-15H2,1-2H3/t20-/m0/s1. The second kappa shape index (κ2) is 8.19. The minimum absolute atomic E-state index is 0.0703. The molecule has 0 N–H and O–H groups in total. The third-order valence-corrected chi connectivity index (χ3v) is 5.31. The third-order valence-electron chi connectivity index (χ3n) is 5.31. The molecule has 0 bridgehead atoms. The molecule has 1 saturated heterocycles. The van der Waals surface area contributed by atoms with Crippen molar-refractivity contribution in [1.82, 2.24) is 4.90 Å². The fraction of sp³-hybridized carbons (Fsp3) is 0.650. The van der Waals surface area contributed by atoms with Crippen molar-refractivity contribution in [3.8, 4) is 5.75 Å². The van der Waals surface area contributed by atoms with Gasteiger partial charge in [-0.25, -0.2) is 0 Å². The van der Waals surface area contributed by atoms with Crippen LogP contribution < -0.4 is 4.74 Å². The Morgan fingerprint density at radius 2 is 2.28 bits per heavy atom. The third kappa shape index (κ3) is 4.15. The molecule has 25 heavy (non-hydrogen) atoms. The highest BCUT2D eigenvalue weighted by Gasteiger charge is 2.43. The second-order valence-corrected chi connectivity index (χ2v) is 7.10. The molecule has 0 aromatic heterocycles. The Labute approximate surface area is 150 Å². The highest BCUT2D eigenvalue weighted by Crippen LogP contribution is 2.36. The molecule has 1 atom stereocenters. The summed E-state index contributed by atoms with van der Waals surface area (Å²) in [5, 5.41) is 0. The van der Waals surface area contributed by atoms with Gasteiger partial charge in [0.15, 0.2) is 0 Å². The number of benzene rings is 1. The molecule has 0 aliphatic carbocycles. The number of piperidine rings is 1. The molecule has 1 fully saturated rings. The molecule has 138 valence electrons. The number of methoxy groups -OCH3 is 1. The number of rotatable bonds is 7. The van der Waals surface area contributed by atoms with Crippen molar-refractivity contribution >= 4 is 5.97 Å². The highest BCUT2D eigenvalue weighted by atomic mass is 16.5. The first kappa shape index (κ1) is 18.2. The van der Waals surface area contributed by atoms with Crippen molar-refractivity contribution in [3.05, 3.63) is 29.3 Å². The molecular weight excluding hydrogens is 318 g/mol. The smallest absolute Gasteiger partial charge is 0.313 e. The van der Waals surface area contributed by atoms with Crippen LogP contribution in [0.5, 0.6) is 5.75 Å². The first-order valence-corrected chi connectivity index (χ1v) is 9.30. The number of likely N-dealkylation sites (tertiary alicyclic amines) is 1. The number of ether oxygens (including phenoxy) is 3. The van der Waals surface area contributed by atoms with Crippen molar-refractivity contribution < 1.29 is 19.0 Å². The molecule has 5 heteroatoms. The van der Waals surface area contributed by atoms with E-state index in [0.29, 0.717) is 13.2 Å². The molecule has 1 aromatic rings. The van der Waals surface area contributed by atoms with E-state index in [2.05, 4.69) is 23.1 Å². The molecule has 3 rings (SSSR count). The van der Waals surface area contributed by atoms with Gasteiger partial charge in [0.2, 0.25) is 0 Å². The van der Waals surface area contributed by atoms with E-state index in [4.69, 9.17) is 14.2 Å². The van der Waals surface area contributed by atoms with E-state index in [-0.39, 0.29) is 5.97 Å². The van der Waals surface area contributed by atoms with Gasteiger partial charge in [-0.1, -0.05) is 12.1 Å². The maximum Gasteiger partial charge on any atom is 0.313 e. The lowest BCUT2D eigenvalue weighted by Gasteiger charge is -2.41. The van der Waals surface area contributed by atoms with E-state index in [9.17, 15) is 4.79 Å². The van der Waals surface area contributed by atoms with Gasteiger partial charge in [-0.05, 0) is 49.9 Å². The van der Waals surface area contributed by atoms with Crippen molar-refractivity contribution in [2.45, 2.75) is 39.2 Å². The van der Waals surface area contributed by atoms with Crippen LogP contribution in [0.3, 0.4) is 0 Å². The van der Waals surface area contributed by atoms with Crippen LogP contribution in [0.25, 0.3) is 0 Å². The first-order chi connectivity index (χ1) is 12.2. The Bertz CT molecular complexity index is 603. The summed E-state index contributed by atoms with van der Waals surface area (Å²) in [4.78, 5) is 15.0. The summed E-state index contributed by atoms with van der Waals surface area (Å²) in [6.07, 6.45) is 3.60. The number of carbonyl (C=O) groups excluding carboxylic acids is 1. The molecule has 1 aromatic carbocycles. The van der Waals surface area contributed by atoms with Crippen molar-refractivity contribution in [3.63, 3.8) is 0 Å². The Balaban J connectivity index is 1.70. The van der Waals surface area contributed by atoms with Crippen LogP contribution in [0.1, 0.15) is 37.3 Å². The predicted molar refractivity (Wildman–Crippen MR) is 95.7 cm³/mol. The quantitative estimate of drug-likeness (QED) is 0.710. The fourth-order valence-corrected chi connectivity index (χ4v) is 4.01. The van der Waals surface area contributed by atoms with E-state index in [1.807, 2.05) is 6.92 Å². The Morgan fingerprint density at radius 1 is 1.40 bits per heavy atom. The summed E-state index contributed by atoms with van der Waals surface area (Å²) in [5.74, 6) is 0.947. The van der Waals surface area contributed by atoms with Gasteiger partial charge >= 0.3 is 5.97 Å². The van der Waals surface area contributed by atoms with Gasteiger partial charge in [-0.2, -0.15) is 0 Å². The predicted octanol–water partition coefficient (Wildman–Crippen LogP) is 2.80. The van der Waals surface area contributed by atoms with Crippen LogP contribution in [-0.4, -0.2) is 50.9 Å². The lowest BCUT2D eigenvalue weighted by atomic mass is 9.77. The number of carbonyl (C=O) groups is 1. The van der Waals surface area contributed by atoms with Crippen LogP contribution in [0.4, 0.5) is 0 Å². The zero-order chi connectivity index (χ0) is 17.7. The van der Waals surface area contributed by atoms with E-state index >= 15 is 0 Å². The zero-order valence-corrected chi connectivity index (χ0v) is 15.4. The number of esters is 1. The normalized spacial score (nSPS) is 23.1. The lowest BCUT2D eigenvalue weighted by molar-refractivity contribution is -0.160. The number of hydrogen-bond acceptors (Lipinski definition) is 5. The van der Waals surface area contributed by atoms with Crippen LogP contribution in [-0.2, 0) is 27.2 Å². The number of nitrogens with zero attached hydrogens (tertiary/aromatic N) is 1. The Hall–Kier alpha value is -1.59. The van der Waals surface area contributed by atoms with Crippen molar-refractivity contribution in [2.75, 3.05) is 40.0 Å². The maximum atomic E-state index is 12.7. The molecule has 5 nitrogen and oxygen atoms in total. The van der Waals surface area contributed by atoms with Gasteiger partial charge in [-0.3, -0.25) is 9.69 Å². The number of hydrogen-bond donors (Lipinski definition) is 0. The average molecular weight is 347 g/mol. The van der Waals surface area contributed by atoms with Gasteiger partial charge in [0.05, 0.1) is 18.6 Å². The molecule has 0 saturated carbocycles.